The molecule has 0 aliphatic heterocycles. The van der Waals surface area contributed by atoms with Crippen molar-refractivity contribution in [3.05, 3.63) is 12.2 Å². The van der Waals surface area contributed by atoms with Crippen molar-refractivity contribution in [1.82, 2.24) is 0 Å². The van der Waals surface area contributed by atoms with Gasteiger partial charge < -0.3 is 4.74 Å². The van der Waals surface area contributed by atoms with Gasteiger partial charge in [-0.05, 0) is 25.3 Å². The number of hydrogen-bond acceptors (Lipinski definition) is 2. The van der Waals surface area contributed by atoms with Crippen molar-refractivity contribution in [2.75, 3.05) is 6.61 Å². The zero-order valence-electron chi connectivity index (χ0n) is 14.0. The Morgan fingerprint density at radius 3 is 2.24 bits per heavy atom. The van der Waals surface area contributed by atoms with Gasteiger partial charge in [-0.1, -0.05) is 69.8 Å². The molecule has 0 aromatic rings. The number of esters is 1. The van der Waals surface area contributed by atoms with E-state index >= 15 is 0 Å². The molecule has 0 aromatic heterocycles. The van der Waals surface area contributed by atoms with Gasteiger partial charge in [-0.3, -0.25) is 4.79 Å². The first-order valence-electron chi connectivity index (χ1n) is 8.54. The fourth-order valence-electron chi connectivity index (χ4n) is 2.03. The maximum atomic E-state index is 10.6. The third kappa shape index (κ3) is 18.8. The van der Waals surface area contributed by atoms with Crippen molar-refractivity contribution >= 4 is 5.97 Å². The van der Waals surface area contributed by atoms with Crippen molar-refractivity contribution in [1.29, 1.82) is 0 Å². The van der Waals surface area contributed by atoms with E-state index in [4.69, 9.17) is 4.74 Å². The summed E-state index contributed by atoms with van der Waals surface area (Å²) in [4.78, 5) is 10.6. The zero-order valence-corrected chi connectivity index (χ0v) is 14.0. The van der Waals surface area contributed by atoms with Gasteiger partial charge in [-0.2, -0.15) is 0 Å². The summed E-state index contributed by atoms with van der Waals surface area (Å²) < 4.78 is 4.90. The lowest BCUT2D eigenvalue weighted by molar-refractivity contribution is -0.141. The minimum atomic E-state index is -0.168. The quantitative estimate of drug-likeness (QED) is 0.273. The summed E-state index contributed by atoms with van der Waals surface area (Å²) in [5.74, 6) is 6.13. The topological polar surface area (TPSA) is 26.3 Å². The Morgan fingerprint density at radius 2 is 1.62 bits per heavy atom. The molecule has 0 spiro atoms. The number of unbranched alkanes of at least 4 members (excludes halogenated alkanes) is 9. The van der Waals surface area contributed by atoms with Crippen LogP contribution in [0.2, 0.25) is 0 Å². The van der Waals surface area contributed by atoms with Crippen LogP contribution in [0.3, 0.4) is 0 Å². The van der Waals surface area contributed by atoms with Gasteiger partial charge in [0.1, 0.15) is 0 Å². The van der Waals surface area contributed by atoms with E-state index in [1.165, 1.54) is 58.3 Å². The van der Waals surface area contributed by atoms with E-state index in [-0.39, 0.29) is 5.97 Å². The van der Waals surface area contributed by atoms with Gasteiger partial charge in [0.2, 0.25) is 0 Å². The first-order valence-corrected chi connectivity index (χ1v) is 8.54. The lowest BCUT2D eigenvalue weighted by atomic mass is 10.1. The molecular weight excluding hydrogens is 260 g/mol. The average molecular weight is 292 g/mol. The molecule has 0 bridgehead atoms. The Kier molecular flexibility index (Phi) is 15.8. The van der Waals surface area contributed by atoms with Crippen molar-refractivity contribution < 1.29 is 9.53 Å². The van der Waals surface area contributed by atoms with Crippen molar-refractivity contribution in [3.63, 3.8) is 0 Å². The van der Waals surface area contributed by atoms with Crippen LogP contribution in [0.4, 0.5) is 0 Å². The summed E-state index contributed by atoms with van der Waals surface area (Å²) in [5.41, 5.74) is 0. The van der Waals surface area contributed by atoms with Crippen LogP contribution < -0.4 is 0 Å². The molecule has 0 aromatic carbocycles. The third-order valence-corrected chi connectivity index (χ3v) is 3.26. The second-order valence-electron chi connectivity index (χ2n) is 5.43. The number of rotatable bonds is 12. The van der Waals surface area contributed by atoms with E-state index in [0.29, 0.717) is 6.61 Å². The SMILES string of the molecule is CCC/C=C\C#CCCCCCCCCCCOC(C)=O. The molecule has 2 nitrogen and oxygen atoms in total. The van der Waals surface area contributed by atoms with Gasteiger partial charge in [0.25, 0.3) is 0 Å². The predicted octanol–water partition coefficient (Wildman–Crippen LogP) is 5.42. The van der Waals surface area contributed by atoms with Crippen molar-refractivity contribution in [2.24, 2.45) is 0 Å². The summed E-state index contributed by atoms with van der Waals surface area (Å²) in [6, 6.07) is 0. The van der Waals surface area contributed by atoms with Gasteiger partial charge >= 0.3 is 5.97 Å². The summed E-state index contributed by atoms with van der Waals surface area (Å²) >= 11 is 0. The molecule has 0 aliphatic carbocycles. The number of ether oxygens (including phenoxy) is 1. The maximum absolute atomic E-state index is 10.6. The molecule has 0 saturated carbocycles. The second kappa shape index (κ2) is 16.8. The minimum Gasteiger partial charge on any atom is -0.466 e. The molecule has 0 saturated heterocycles. The standard InChI is InChI=1S/C19H32O2/c1-3-4-5-6-7-8-9-10-11-12-13-14-15-16-17-18-21-19(2)20/h5-6H,3-4,9-18H2,1-2H3/b6-5-. The smallest absolute Gasteiger partial charge is 0.302 e. The van der Waals surface area contributed by atoms with Gasteiger partial charge in [0.15, 0.2) is 0 Å². The van der Waals surface area contributed by atoms with Crippen LogP contribution in [0.5, 0.6) is 0 Å². The van der Waals surface area contributed by atoms with Crippen LogP contribution in [-0.2, 0) is 9.53 Å². The highest BCUT2D eigenvalue weighted by Gasteiger charge is 1.94. The van der Waals surface area contributed by atoms with E-state index in [1.54, 1.807) is 0 Å². The highest BCUT2D eigenvalue weighted by atomic mass is 16.5. The second-order valence-corrected chi connectivity index (χ2v) is 5.43. The number of hydrogen-bond donors (Lipinski definition) is 0. The Bertz CT molecular complexity index is 320. The molecular formula is C19H32O2. The number of carbonyl (C=O) groups is 1. The molecule has 0 heterocycles. The zero-order chi connectivity index (χ0) is 15.6. The predicted molar refractivity (Wildman–Crippen MR) is 90.0 cm³/mol. The molecule has 0 fully saturated rings. The summed E-state index contributed by atoms with van der Waals surface area (Å²) in [5, 5.41) is 0. The number of carbonyl (C=O) groups excluding carboxylic acids is 1. The van der Waals surface area contributed by atoms with Crippen LogP contribution in [0.25, 0.3) is 0 Å². The normalized spacial score (nSPS) is 10.4. The van der Waals surface area contributed by atoms with E-state index in [9.17, 15) is 4.79 Å². The maximum Gasteiger partial charge on any atom is 0.302 e. The van der Waals surface area contributed by atoms with E-state index in [1.807, 2.05) is 6.08 Å². The van der Waals surface area contributed by atoms with Gasteiger partial charge in [0.05, 0.1) is 6.61 Å². The summed E-state index contributed by atoms with van der Waals surface area (Å²) in [7, 11) is 0. The third-order valence-electron chi connectivity index (χ3n) is 3.26. The van der Waals surface area contributed by atoms with Crippen LogP contribution in [0.1, 0.15) is 84.5 Å². The fourth-order valence-corrected chi connectivity index (χ4v) is 2.03. The molecule has 0 unspecified atom stereocenters. The Labute approximate surface area is 131 Å². The molecule has 0 aliphatic rings. The van der Waals surface area contributed by atoms with Gasteiger partial charge in [-0.15, -0.1) is 0 Å². The van der Waals surface area contributed by atoms with Gasteiger partial charge in [-0.25, -0.2) is 0 Å². The highest BCUT2D eigenvalue weighted by Crippen LogP contribution is 2.09. The van der Waals surface area contributed by atoms with E-state index in [0.717, 1.165) is 19.3 Å². The molecule has 0 radical (unpaired) electrons. The summed E-state index contributed by atoms with van der Waals surface area (Å²) in [6.07, 6.45) is 17.4. The lowest BCUT2D eigenvalue weighted by Gasteiger charge is -2.02. The molecule has 0 atom stereocenters. The largest absolute Gasteiger partial charge is 0.466 e. The molecule has 120 valence electrons. The lowest BCUT2D eigenvalue weighted by Crippen LogP contribution is -2.00. The first-order chi connectivity index (χ1) is 10.3. The highest BCUT2D eigenvalue weighted by molar-refractivity contribution is 5.65. The first kappa shape index (κ1) is 19.8. The number of allylic oxidation sites excluding steroid dienone is 2. The fraction of sp³-hybridized carbons (Fsp3) is 0.737. The Morgan fingerprint density at radius 1 is 1.00 bits per heavy atom. The van der Waals surface area contributed by atoms with Crippen LogP contribution >= 0.6 is 0 Å². The van der Waals surface area contributed by atoms with Crippen molar-refractivity contribution in [3.8, 4) is 11.8 Å². The molecule has 0 amide bonds. The average Bonchev–Trinajstić information content (AvgIpc) is 2.46. The molecule has 0 rings (SSSR count). The van der Waals surface area contributed by atoms with Crippen LogP contribution in [0, 0.1) is 11.8 Å². The molecule has 0 N–H and O–H groups in total. The minimum absolute atomic E-state index is 0.168. The van der Waals surface area contributed by atoms with Crippen LogP contribution in [0.15, 0.2) is 12.2 Å². The van der Waals surface area contributed by atoms with E-state index in [2.05, 4.69) is 24.8 Å². The molecule has 2 heteroatoms. The van der Waals surface area contributed by atoms with Crippen LogP contribution in [-0.4, -0.2) is 12.6 Å². The monoisotopic (exact) mass is 292 g/mol. The molecule has 21 heavy (non-hydrogen) atoms. The van der Waals surface area contributed by atoms with E-state index < -0.39 is 0 Å². The van der Waals surface area contributed by atoms with Crippen molar-refractivity contribution in [2.45, 2.75) is 84.5 Å². The Hall–Kier alpha value is -1.23. The Balaban J connectivity index is 3.13. The van der Waals surface area contributed by atoms with Gasteiger partial charge in [0, 0.05) is 13.3 Å². The summed E-state index contributed by atoms with van der Waals surface area (Å²) in [6.45, 7) is 4.23.